The Bertz CT molecular complexity index is 2170. The lowest BCUT2D eigenvalue weighted by Gasteiger charge is -2.37. The van der Waals surface area contributed by atoms with Crippen molar-refractivity contribution in [1.29, 1.82) is 5.26 Å². The lowest BCUT2D eigenvalue weighted by molar-refractivity contribution is -0.129. The number of aromatic nitrogens is 4. The fourth-order valence-corrected chi connectivity index (χ4v) is 7.53. The van der Waals surface area contributed by atoms with Gasteiger partial charge >= 0.3 is 12.1 Å². The number of nitrogens with one attached hydrogen (secondary N) is 1. The molecule has 5 aromatic rings. The van der Waals surface area contributed by atoms with E-state index in [0.717, 1.165) is 6.07 Å². The number of benzene rings is 3. The van der Waals surface area contributed by atoms with Crippen LogP contribution in [0.5, 0.6) is 0 Å². The van der Waals surface area contributed by atoms with Crippen molar-refractivity contribution in [3.05, 3.63) is 124 Å². The van der Waals surface area contributed by atoms with Crippen LogP contribution in [0.15, 0.2) is 84.8 Å². The molecule has 54 heavy (non-hydrogen) atoms. The van der Waals surface area contributed by atoms with Gasteiger partial charge in [0.2, 0.25) is 12.7 Å². The topological polar surface area (TPSA) is 184 Å². The summed E-state index contributed by atoms with van der Waals surface area (Å²) in [6.45, 7) is 1.79. The van der Waals surface area contributed by atoms with Gasteiger partial charge in [-0.15, -0.1) is 11.3 Å². The summed E-state index contributed by atoms with van der Waals surface area (Å²) in [5, 5.41) is 18.7. The van der Waals surface area contributed by atoms with Crippen LogP contribution in [-0.4, -0.2) is 57.7 Å². The molecular weight excluding hydrogens is 721 g/mol. The first-order valence-corrected chi connectivity index (χ1v) is 17.8. The first-order valence-electron chi connectivity index (χ1n) is 16.9. The summed E-state index contributed by atoms with van der Waals surface area (Å²) >= 11 is 1.22. The SMILES string of the molecule is C[C@@H](c1nc(-c2ccc(C#N)cc2)cs1)[C@@](Cn1cncn1)(OC(=O)OCOC(=O)c1cccc(CC2(C(N)=O)CCNCC2)c1)c1ccc(F)cc1F. The largest absolute Gasteiger partial charge is 0.512 e. The Morgan fingerprint density at radius 3 is 2.56 bits per heavy atom. The number of esters is 1. The minimum Gasteiger partial charge on any atom is -0.424 e. The molecule has 6 rings (SSSR count). The van der Waals surface area contributed by atoms with Crippen molar-refractivity contribution in [3.8, 4) is 17.3 Å². The van der Waals surface area contributed by atoms with Crippen LogP contribution >= 0.6 is 11.3 Å². The van der Waals surface area contributed by atoms with Crippen molar-refractivity contribution in [1.82, 2.24) is 25.1 Å². The quantitative estimate of drug-likeness (QED) is 0.112. The number of primary amides is 1. The van der Waals surface area contributed by atoms with Gasteiger partial charge in [0.05, 0.1) is 40.8 Å². The number of hydrogen-bond donors (Lipinski definition) is 2. The molecule has 2 aromatic heterocycles. The lowest BCUT2D eigenvalue weighted by atomic mass is 9.73. The molecule has 0 radical (unpaired) electrons. The predicted molar refractivity (Wildman–Crippen MR) is 190 cm³/mol. The molecule has 1 fully saturated rings. The van der Waals surface area contributed by atoms with Crippen molar-refractivity contribution in [2.45, 2.75) is 44.2 Å². The number of halogens is 2. The van der Waals surface area contributed by atoms with E-state index in [-0.39, 0.29) is 17.7 Å². The molecule has 278 valence electrons. The summed E-state index contributed by atoms with van der Waals surface area (Å²) in [7, 11) is 0. The maximum Gasteiger partial charge on any atom is 0.512 e. The highest BCUT2D eigenvalue weighted by molar-refractivity contribution is 7.10. The monoisotopic (exact) mass is 755 g/mol. The first-order chi connectivity index (χ1) is 26.0. The predicted octanol–water partition coefficient (Wildman–Crippen LogP) is 5.62. The molecule has 1 aliphatic heterocycles. The number of thiazole rings is 1. The smallest absolute Gasteiger partial charge is 0.424 e. The highest BCUT2D eigenvalue weighted by atomic mass is 32.1. The molecule has 1 aliphatic rings. The van der Waals surface area contributed by atoms with E-state index in [1.807, 2.05) is 0 Å². The van der Waals surface area contributed by atoms with Crippen molar-refractivity contribution >= 4 is 29.4 Å². The Morgan fingerprint density at radius 1 is 1.09 bits per heavy atom. The molecule has 3 N–H and O–H groups in total. The van der Waals surface area contributed by atoms with Crippen molar-refractivity contribution in [2.75, 3.05) is 19.9 Å². The highest BCUT2D eigenvalue weighted by Gasteiger charge is 2.48. The number of piperidine rings is 1. The molecule has 1 amide bonds. The second-order valence-corrected chi connectivity index (χ2v) is 13.8. The van der Waals surface area contributed by atoms with Gasteiger partial charge in [0.15, 0.2) is 5.60 Å². The zero-order chi connectivity index (χ0) is 38.3. The van der Waals surface area contributed by atoms with E-state index in [1.54, 1.807) is 54.8 Å². The summed E-state index contributed by atoms with van der Waals surface area (Å²) in [6, 6.07) is 18.3. The summed E-state index contributed by atoms with van der Waals surface area (Å²) in [6.07, 6.45) is 2.72. The van der Waals surface area contributed by atoms with Gasteiger partial charge in [-0.05, 0) is 74.3 Å². The van der Waals surface area contributed by atoms with Gasteiger partial charge in [-0.3, -0.25) is 4.79 Å². The number of nitriles is 1. The molecule has 13 nitrogen and oxygen atoms in total. The van der Waals surface area contributed by atoms with E-state index < -0.39 is 53.4 Å². The fraction of sp³-hybridized carbons (Fsp3) is 0.289. The van der Waals surface area contributed by atoms with Crippen LogP contribution in [0, 0.1) is 28.4 Å². The average Bonchev–Trinajstić information content (AvgIpc) is 3.88. The van der Waals surface area contributed by atoms with Crippen molar-refractivity contribution in [2.24, 2.45) is 11.1 Å². The summed E-state index contributed by atoms with van der Waals surface area (Å²) in [5.74, 6) is -3.98. The number of carbonyl (C=O) groups is 3. The van der Waals surface area contributed by atoms with Gasteiger partial charge in [-0.2, -0.15) is 10.4 Å². The standard InChI is InChI=1S/C38H35F2N7O6S/c1-24(33-46-32(19-54-33)27-7-5-25(18-41)6-8-27)38(20-47-22-44-21-45-47,30-10-9-29(39)16-31(30)40)53-36(50)52-23-51-34(48)28-4-2-3-26(15-28)17-37(35(42)49)11-13-43-14-12-37/h2-10,15-16,19,21-22,24,43H,11-14,17,20,23H2,1H3,(H2,42,49)/t24-,38+/m0/s1. The van der Waals surface area contributed by atoms with Crippen LogP contribution in [0.1, 0.15) is 57.7 Å². The Labute approximate surface area is 312 Å². The Balaban J connectivity index is 1.23. The van der Waals surface area contributed by atoms with Crippen LogP contribution in [0.2, 0.25) is 0 Å². The molecule has 0 saturated carbocycles. The molecule has 0 unspecified atom stereocenters. The van der Waals surface area contributed by atoms with Gasteiger partial charge < -0.3 is 25.3 Å². The van der Waals surface area contributed by atoms with E-state index in [0.29, 0.717) is 65.8 Å². The highest BCUT2D eigenvalue weighted by Crippen LogP contribution is 2.45. The summed E-state index contributed by atoms with van der Waals surface area (Å²) in [4.78, 5) is 47.6. The van der Waals surface area contributed by atoms with Gasteiger partial charge in [-0.25, -0.2) is 33.0 Å². The molecular formula is C38H35F2N7O6S. The van der Waals surface area contributed by atoms with Gasteiger partial charge in [0.1, 0.15) is 29.3 Å². The second-order valence-electron chi connectivity index (χ2n) is 12.9. The fourth-order valence-electron chi connectivity index (χ4n) is 6.56. The zero-order valence-corrected chi connectivity index (χ0v) is 29.9. The third-order valence-corrected chi connectivity index (χ3v) is 10.6. The Kier molecular flexibility index (Phi) is 11.4. The van der Waals surface area contributed by atoms with Crippen LogP contribution < -0.4 is 11.1 Å². The van der Waals surface area contributed by atoms with Crippen molar-refractivity contribution < 1.29 is 37.4 Å². The normalized spacial score (nSPS) is 15.3. The number of nitrogens with two attached hydrogens (primary N) is 1. The molecule has 16 heteroatoms. The maximum absolute atomic E-state index is 15.8. The second kappa shape index (κ2) is 16.3. The van der Waals surface area contributed by atoms with Crippen LogP contribution in [-0.2, 0) is 37.6 Å². The first kappa shape index (κ1) is 37.7. The lowest BCUT2D eigenvalue weighted by Crippen LogP contribution is -2.46. The van der Waals surface area contributed by atoms with Crippen LogP contribution in [0.3, 0.4) is 0 Å². The van der Waals surface area contributed by atoms with E-state index >= 15 is 4.39 Å². The minimum atomic E-state index is -1.95. The van der Waals surface area contributed by atoms with E-state index in [2.05, 4.69) is 21.5 Å². The molecule has 0 bridgehead atoms. The van der Waals surface area contributed by atoms with E-state index in [1.165, 1.54) is 40.8 Å². The number of hydrogen-bond acceptors (Lipinski definition) is 12. The summed E-state index contributed by atoms with van der Waals surface area (Å²) < 4.78 is 47.8. The Morgan fingerprint density at radius 2 is 1.87 bits per heavy atom. The van der Waals surface area contributed by atoms with E-state index in [4.69, 9.17) is 24.9 Å². The maximum atomic E-state index is 15.8. The van der Waals surface area contributed by atoms with Crippen LogP contribution in [0.25, 0.3) is 11.3 Å². The van der Waals surface area contributed by atoms with Crippen molar-refractivity contribution in [3.63, 3.8) is 0 Å². The number of ether oxygens (including phenoxy) is 3. The average molecular weight is 756 g/mol. The third-order valence-electron chi connectivity index (χ3n) is 9.57. The molecule has 2 atom stereocenters. The third kappa shape index (κ3) is 8.27. The molecule has 0 spiro atoms. The summed E-state index contributed by atoms with van der Waals surface area (Å²) in [5.41, 5.74) is 5.49. The number of rotatable bonds is 13. The van der Waals surface area contributed by atoms with Gasteiger partial charge in [0, 0.05) is 22.6 Å². The van der Waals surface area contributed by atoms with Gasteiger partial charge in [-0.1, -0.05) is 31.2 Å². The van der Waals surface area contributed by atoms with Crippen LogP contribution in [0.4, 0.5) is 13.6 Å². The number of amides is 1. The van der Waals surface area contributed by atoms with Gasteiger partial charge in [0.25, 0.3) is 0 Å². The number of nitrogens with zero attached hydrogens (tertiary/aromatic N) is 5. The molecule has 0 aliphatic carbocycles. The number of carbonyl (C=O) groups excluding carboxylic acids is 3. The zero-order valence-electron chi connectivity index (χ0n) is 29.0. The minimum absolute atomic E-state index is 0.155. The molecule has 3 aromatic carbocycles. The van der Waals surface area contributed by atoms with E-state index in [9.17, 15) is 24.0 Å². The molecule has 1 saturated heterocycles. The molecule has 3 heterocycles. The Hall–Kier alpha value is -6.05.